The first-order chi connectivity index (χ1) is 23.7. The van der Waals surface area contributed by atoms with Gasteiger partial charge in [0.05, 0.1) is 11.3 Å². The topological polar surface area (TPSA) is 167 Å². The third-order valence-corrected chi connectivity index (χ3v) is 9.87. The number of nitriles is 2. The number of nitrogens with zero attached hydrogens (tertiary/aromatic N) is 5. The highest BCUT2D eigenvalue weighted by atomic mass is 35.5. The van der Waals surface area contributed by atoms with Crippen LogP contribution in [0.4, 0.5) is 5.82 Å². The monoisotopic (exact) mass is 787 g/mol. The highest BCUT2D eigenvalue weighted by Crippen LogP contribution is 2.40. The van der Waals surface area contributed by atoms with Crippen LogP contribution in [0.3, 0.4) is 0 Å². The van der Waals surface area contributed by atoms with Gasteiger partial charge >= 0.3 is 11.9 Å². The maximum atomic E-state index is 12.0. The van der Waals surface area contributed by atoms with E-state index in [4.69, 9.17) is 36.8 Å². The molecule has 1 fully saturated rings. The van der Waals surface area contributed by atoms with E-state index in [1.807, 2.05) is 41.8 Å². The number of aromatic nitrogens is 2. The Hall–Kier alpha value is -3.92. The standard InChI is InChI=1S/C35H34ClN7O4S2.2ClH/c1-21(39)34(44)47-35(45)22(2)40-13-16-46-27-11-7-23(8-12-27)30-28(17-37)31(43-14-3-4-15-43)42-33(29(30)18-38)49-20-26-19-48-32(41-26)24-5-9-25(36)10-6-24;;/h5-12,19,21-22,40H,3-4,13-16,20,39H2,1-2H3;2*1H/t21-,22-;;/m0../s1. The van der Waals surface area contributed by atoms with Gasteiger partial charge in [0.25, 0.3) is 0 Å². The van der Waals surface area contributed by atoms with E-state index in [1.54, 1.807) is 19.1 Å². The molecule has 0 radical (unpaired) electrons. The van der Waals surface area contributed by atoms with Crippen LogP contribution in [0.2, 0.25) is 5.02 Å². The number of benzene rings is 2. The summed E-state index contributed by atoms with van der Waals surface area (Å²) < 4.78 is 10.6. The van der Waals surface area contributed by atoms with E-state index < -0.39 is 24.0 Å². The highest BCUT2D eigenvalue weighted by Gasteiger charge is 2.26. The van der Waals surface area contributed by atoms with Crippen LogP contribution in [-0.2, 0) is 20.1 Å². The van der Waals surface area contributed by atoms with Gasteiger partial charge in [-0.05, 0) is 56.5 Å². The van der Waals surface area contributed by atoms with Crippen molar-refractivity contribution in [2.75, 3.05) is 31.1 Å². The third kappa shape index (κ3) is 10.6. The third-order valence-electron chi connectivity index (χ3n) is 7.66. The Morgan fingerprint density at radius 2 is 1.65 bits per heavy atom. The Kier molecular flexibility index (Phi) is 16.0. The van der Waals surface area contributed by atoms with Crippen molar-refractivity contribution < 1.29 is 19.1 Å². The molecule has 0 aliphatic carbocycles. The Morgan fingerprint density at radius 1 is 1.00 bits per heavy atom. The molecule has 2 aromatic heterocycles. The van der Waals surface area contributed by atoms with Crippen molar-refractivity contribution in [1.82, 2.24) is 15.3 Å². The first-order valence-corrected chi connectivity index (χ1v) is 17.9. The molecule has 0 unspecified atom stereocenters. The van der Waals surface area contributed by atoms with Gasteiger partial charge in [0, 0.05) is 46.9 Å². The first kappa shape index (κ1) is 41.5. The van der Waals surface area contributed by atoms with Gasteiger partial charge in [0.1, 0.15) is 58.0 Å². The van der Waals surface area contributed by atoms with Crippen molar-refractivity contribution in [3.8, 4) is 39.6 Å². The van der Waals surface area contributed by atoms with Crippen molar-refractivity contribution in [1.29, 1.82) is 10.5 Å². The SMILES string of the molecule is C[C@H](N)C(=O)OC(=O)[C@H](C)NCCOc1ccc(-c2c(C#N)c(SCc3csc(-c4ccc(Cl)cc4)n3)nc(N3CCCC3)c2C#N)cc1.Cl.Cl. The Morgan fingerprint density at radius 3 is 2.27 bits per heavy atom. The Balaban J connectivity index is 0.00000351. The fraction of sp³-hybridized carbons (Fsp3) is 0.314. The lowest BCUT2D eigenvalue weighted by Crippen LogP contribution is -2.41. The number of hydrogen-bond acceptors (Lipinski definition) is 13. The minimum absolute atomic E-state index is 0. The number of carbonyl (C=O) groups is 2. The van der Waals surface area contributed by atoms with Crippen LogP contribution in [-0.4, -0.2) is 60.2 Å². The van der Waals surface area contributed by atoms with E-state index in [9.17, 15) is 20.1 Å². The van der Waals surface area contributed by atoms with Gasteiger partial charge in [-0.2, -0.15) is 10.5 Å². The van der Waals surface area contributed by atoms with Crippen molar-refractivity contribution >= 4 is 77.3 Å². The molecule has 2 atom stereocenters. The summed E-state index contributed by atoms with van der Waals surface area (Å²) in [5.41, 5.74) is 9.20. The molecule has 0 saturated carbocycles. The summed E-state index contributed by atoms with van der Waals surface area (Å²) in [7, 11) is 0. The number of nitrogens with one attached hydrogen (secondary N) is 1. The number of halogens is 3. The first-order valence-electron chi connectivity index (χ1n) is 15.6. The number of thioether (sulfide) groups is 1. The van der Waals surface area contributed by atoms with Crippen LogP contribution in [0.1, 0.15) is 43.5 Å². The second kappa shape index (κ2) is 19.6. The zero-order chi connectivity index (χ0) is 34.9. The highest BCUT2D eigenvalue weighted by molar-refractivity contribution is 7.98. The second-order valence-electron chi connectivity index (χ2n) is 11.3. The van der Waals surface area contributed by atoms with Crippen molar-refractivity contribution in [2.24, 2.45) is 5.73 Å². The molecule has 11 nitrogen and oxygen atoms in total. The second-order valence-corrected chi connectivity index (χ2v) is 13.6. The number of thiazole rings is 1. The normalized spacial score (nSPS) is 13.2. The van der Waals surface area contributed by atoms with Crippen LogP contribution in [0.5, 0.6) is 5.75 Å². The van der Waals surface area contributed by atoms with Crippen LogP contribution in [0.25, 0.3) is 21.7 Å². The number of anilines is 1. The summed E-state index contributed by atoms with van der Waals surface area (Å²) in [6.07, 6.45) is 2.01. The minimum Gasteiger partial charge on any atom is -0.492 e. The quantitative estimate of drug-likeness (QED) is 0.0632. The number of esters is 2. The molecule has 0 amide bonds. The van der Waals surface area contributed by atoms with Gasteiger partial charge in [-0.15, -0.1) is 36.2 Å². The minimum atomic E-state index is -0.890. The van der Waals surface area contributed by atoms with Gasteiger partial charge in [-0.25, -0.2) is 19.6 Å². The molecule has 1 aliphatic heterocycles. The molecular formula is C35H36Cl3N7O4S2. The summed E-state index contributed by atoms with van der Waals surface area (Å²) in [5.74, 6) is 0.137. The molecule has 0 bridgehead atoms. The van der Waals surface area contributed by atoms with Crippen molar-refractivity contribution in [3.63, 3.8) is 0 Å². The molecule has 3 heterocycles. The summed E-state index contributed by atoms with van der Waals surface area (Å²) in [6.45, 7) is 5.14. The van der Waals surface area contributed by atoms with Gasteiger partial charge in [-0.1, -0.05) is 47.6 Å². The molecule has 2 aromatic carbocycles. The zero-order valence-corrected chi connectivity index (χ0v) is 31.8. The lowest BCUT2D eigenvalue weighted by atomic mass is 9.96. The number of ether oxygens (including phenoxy) is 2. The van der Waals surface area contributed by atoms with Gasteiger partial charge < -0.3 is 25.4 Å². The molecular weight excluding hydrogens is 753 g/mol. The maximum Gasteiger partial charge on any atom is 0.330 e. The molecule has 1 aliphatic rings. The average Bonchev–Trinajstić information content (AvgIpc) is 3.82. The molecule has 0 spiro atoms. The smallest absolute Gasteiger partial charge is 0.330 e. The fourth-order valence-corrected chi connectivity index (χ4v) is 7.01. The maximum absolute atomic E-state index is 12.0. The van der Waals surface area contributed by atoms with E-state index in [0.717, 1.165) is 42.2 Å². The molecule has 3 N–H and O–H groups in total. The average molecular weight is 789 g/mol. The number of rotatable bonds is 13. The van der Waals surface area contributed by atoms with Crippen LogP contribution >= 0.6 is 59.5 Å². The van der Waals surface area contributed by atoms with E-state index in [1.165, 1.54) is 30.0 Å². The lowest BCUT2D eigenvalue weighted by Gasteiger charge is -2.22. The van der Waals surface area contributed by atoms with Crippen LogP contribution in [0, 0.1) is 22.7 Å². The van der Waals surface area contributed by atoms with E-state index in [-0.39, 0.29) is 31.4 Å². The summed E-state index contributed by atoms with van der Waals surface area (Å²) in [6, 6.07) is 17.8. The number of carbonyl (C=O) groups excluding carboxylic acids is 2. The number of hydrogen-bond donors (Lipinski definition) is 2. The van der Waals surface area contributed by atoms with Crippen LogP contribution in [0.15, 0.2) is 58.9 Å². The van der Waals surface area contributed by atoms with E-state index in [0.29, 0.717) is 56.2 Å². The molecule has 1 saturated heterocycles. The molecule has 51 heavy (non-hydrogen) atoms. The Bertz CT molecular complexity index is 1890. The van der Waals surface area contributed by atoms with Crippen LogP contribution < -0.4 is 20.7 Å². The van der Waals surface area contributed by atoms with E-state index in [2.05, 4.69) is 22.4 Å². The largest absolute Gasteiger partial charge is 0.492 e. The molecule has 4 aromatic rings. The lowest BCUT2D eigenvalue weighted by molar-refractivity contribution is -0.161. The fourth-order valence-electron chi connectivity index (χ4n) is 5.08. The summed E-state index contributed by atoms with van der Waals surface area (Å²) in [4.78, 5) is 35.4. The van der Waals surface area contributed by atoms with E-state index >= 15 is 0 Å². The summed E-state index contributed by atoms with van der Waals surface area (Å²) >= 11 is 9.02. The van der Waals surface area contributed by atoms with Crippen molar-refractivity contribution in [2.45, 2.75) is 49.6 Å². The zero-order valence-electron chi connectivity index (χ0n) is 27.8. The Labute approximate surface area is 322 Å². The molecule has 16 heteroatoms. The number of nitrogens with two attached hydrogens (primary N) is 1. The van der Waals surface area contributed by atoms with Crippen molar-refractivity contribution in [3.05, 3.63) is 75.8 Å². The predicted octanol–water partition coefficient (Wildman–Crippen LogP) is 6.78. The predicted molar refractivity (Wildman–Crippen MR) is 205 cm³/mol. The van der Waals surface area contributed by atoms with Gasteiger partial charge in [0.2, 0.25) is 0 Å². The van der Waals surface area contributed by atoms with Gasteiger partial charge in [0.15, 0.2) is 0 Å². The molecule has 268 valence electrons. The summed E-state index contributed by atoms with van der Waals surface area (Å²) in [5, 5.41) is 27.8. The van der Waals surface area contributed by atoms with Gasteiger partial charge in [-0.3, -0.25) is 0 Å². The number of pyridine rings is 1. The molecule has 5 rings (SSSR count).